The molecule has 0 saturated carbocycles. The molecule has 0 bridgehead atoms. The van der Waals surface area contributed by atoms with E-state index >= 15 is 0 Å². The van der Waals surface area contributed by atoms with Crippen molar-refractivity contribution >= 4 is 32.7 Å². The Hall–Kier alpha value is -2.52. The van der Waals surface area contributed by atoms with Crippen LogP contribution in [-0.4, -0.2) is 78.6 Å². The maximum absolute atomic E-state index is 13.7. The van der Waals surface area contributed by atoms with Crippen LogP contribution in [0.5, 0.6) is 0 Å². The lowest BCUT2D eigenvalue weighted by Gasteiger charge is -2.32. The number of aromatic nitrogens is 1. The van der Waals surface area contributed by atoms with Crippen molar-refractivity contribution in [3.63, 3.8) is 0 Å². The molecular formula is C22H26N4O4S. The molecule has 3 fully saturated rings. The van der Waals surface area contributed by atoms with Crippen LogP contribution in [-0.2, 0) is 19.6 Å². The van der Waals surface area contributed by atoms with Crippen LogP contribution < -0.4 is 0 Å². The first-order valence-electron chi connectivity index (χ1n) is 10.7. The molecule has 3 aliphatic rings. The number of carbonyl (C=O) groups is 2. The Bertz CT molecular complexity index is 1160. The number of pyridine rings is 1. The number of amides is 2. The molecule has 3 saturated heterocycles. The highest BCUT2D eigenvalue weighted by atomic mass is 32.2. The molecule has 5 rings (SSSR count). The standard InChI is InChI=1S/C22H26N4O4S/c1-16(27)25-12-18-13-26(15-22(18,14-25)21(28)24-10-2-3-11-24)31(29,30)19-8-4-6-17-7-5-9-23-20(17)19/h4-9,18H,2-3,10-15H2,1H3. The van der Waals surface area contributed by atoms with Crippen molar-refractivity contribution in [1.29, 1.82) is 0 Å². The highest BCUT2D eigenvalue weighted by molar-refractivity contribution is 7.89. The summed E-state index contributed by atoms with van der Waals surface area (Å²) in [6, 6.07) is 8.75. The van der Waals surface area contributed by atoms with Crippen molar-refractivity contribution in [2.24, 2.45) is 11.3 Å². The predicted molar refractivity (Wildman–Crippen MR) is 114 cm³/mol. The Morgan fingerprint density at radius 2 is 1.77 bits per heavy atom. The van der Waals surface area contributed by atoms with Crippen LogP contribution in [0.2, 0.25) is 0 Å². The van der Waals surface area contributed by atoms with E-state index in [0.717, 1.165) is 18.2 Å². The number of sulfonamides is 1. The van der Waals surface area contributed by atoms with E-state index in [1.54, 1.807) is 29.3 Å². The smallest absolute Gasteiger partial charge is 0.245 e. The molecule has 2 aromatic rings. The lowest BCUT2D eigenvalue weighted by atomic mass is 9.79. The number of nitrogens with zero attached hydrogens (tertiary/aromatic N) is 4. The molecule has 2 unspecified atom stereocenters. The molecule has 1 aromatic heterocycles. The molecular weight excluding hydrogens is 416 g/mol. The van der Waals surface area contributed by atoms with Gasteiger partial charge in [-0.2, -0.15) is 4.31 Å². The third-order valence-electron chi connectivity index (χ3n) is 7.06. The van der Waals surface area contributed by atoms with Gasteiger partial charge in [-0.05, 0) is 25.0 Å². The number of para-hydroxylation sites is 1. The number of carbonyl (C=O) groups excluding carboxylic acids is 2. The summed E-state index contributed by atoms with van der Waals surface area (Å²) in [4.78, 5) is 33.7. The Morgan fingerprint density at radius 3 is 2.52 bits per heavy atom. The van der Waals surface area contributed by atoms with Gasteiger partial charge >= 0.3 is 0 Å². The van der Waals surface area contributed by atoms with E-state index in [2.05, 4.69) is 4.98 Å². The van der Waals surface area contributed by atoms with Crippen LogP contribution in [0.15, 0.2) is 41.4 Å². The van der Waals surface area contributed by atoms with Crippen LogP contribution in [0.4, 0.5) is 0 Å². The first-order chi connectivity index (χ1) is 14.8. The van der Waals surface area contributed by atoms with Crippen molar-refractivity contribution in [1.82, 2.24) is 19.1 Å². The Labute approximate surface area is 181 Å². The van der Waals surface area contributed by atoms with Gasteiger partial charge in [-0.15, -0.1) is 0 Å². The molecule has 2 amide bonds. The van der Waals surface area contributed by atoms with Gasteiger partial charge < -0.3 is 9.80 Å². The maximum Gasteiger partial charge on any atom is 0.245 e. The Balaban J connectivity index is 1.52. The summed E-state index contributed by atoms with van der Waals surface area (Å²) in [5.41, 5.74) is -0.437. The van der Waals surface area contributed by atoms with Gasteiger partial charge in [0.2, 0.25) is 21.8 Å². The van der Waals surface area contributed by atoms with E-state index in [0.29, 0.717) is 25.2 Å². The van der Waals surface area contributed by atoms with Crippen LogP contribution in [0, 0.1) is 11.3 Å². The summed E-state index contributed by atoms with van der Waals surface area (Å²) < 4.78 is 28.8. The quantitative estimate of drug-likeness (QED) is 0.715. The predicted octanol–water partition coefficient (Wildman–Crippen LogP) is 1.33. The van der Waals surface area contributed by atoms with E-state index in [-0.39, 0.29) is 42.3 Å². The molecule has 0 aliphatic carbocycles. The highest BCUT2D eigenvalue weighted by Gasteiger charge is 2.61. The first-order valence-corrected chi connectivity index (χ1v) is 12.2. The zero-order valence-corrected chi connectivity index (χ0v) is 18.3. The largest absolute Gasteiger partial charge is 0.342 e. The lowest BCUT2D eigenvalue weighted by molar-refractivity contribution is -0.141. The number of benzene rings is 1. The molecule has 2 atom stereocenters. The fourth-order valence-electron chi connectivity index (χ4n) is 5.40. The van der Waals surface area contributed by atoms with Gasteiger partial charge in [0.05, 0.1) is 10.9 Å². The van der Waals surface area contributed by atoms with E-state index in [4.69, 9.17) is 0 Å². The van der Waals surface area contributed by atoms with Gasteiger partial charge in [0, 0.05) is 63.7 Å². The van der Waals surface area contributed by atoms with Crippen molar-refractivity contribution in [3.8, 4) is 0 Å². The minimum absolute atomic E-state index is 0.00695. The number of hydrogen-bond donors (Lipinski definition) is 0. The van der Waals surface area contributed by atoms with E-state index in [9.17, 15) is 18.0 Å². The van der Waals surface area contributed by atoms with Gasteiger partial charge in [0.15, 0.2) is 0 Å². The molecule has 31 heavy (non-hydrogen) atoms. The van der Waals surface area contributed by atoms with Gasteiger partial charge in [-0.25, -0.2) is 8.42 Å². The average molecular weight is 443 g/mol. The van der Waals surface area contributed by atoms with E-state index in [1.807, 2.05) is 17.0 Å². The van der Waals surface area contributed by atoms with Crippen LogP contribution in [0.25, 0.3) is 10.9 Å². The van der Waals surface area contributed by atoms with Gasteiger partial charge in [0.25, 0.3) is 0 Å². The second kappa shape index (κ2) is 7.27. The van der Waals surface area contributed by atoms with Crippen molar-refractivity contribution in [2.45, 2.75) is 24.7 Å². The van der Waals surface area contributed by atoms with E-state index in [1.165, 1.54) is 11.2 Å². The minimum atomic E-state index is -3.84. The second-order valence-corrected chi connectivity index (χ2v) is 10.8. The molecule has 0 spiro atoms. The normalized spacial score (nSPS) is 26.5. The minimum Gasteiger partial charge on any atom is -0.342 e. The topological polar surface area (TPSA) is 90.9 Å². The van der Waals surface area contributed by atoms with E-state index < -0.39 is 15.4 Å². The molecule has 9 heteroatoms. The van der Waals surface area contributed by atoms with Gasteiger partial charge in [-0.1, -0.05) is 18.2 Å². The molecule has 164 valence electrons. The fourth-order valence-corrected chi connectivity index (χ4v) is 7.12. The molecule has 0 radical (unpaired) electrons. The molecule has 3 aliphatic heterocycles. The highest BCUT2D eigenvalue weighted by Crippen LogP contribution is 2.46. The number of fused-ring (bicyclic) bond motifs is 2. The zero-order chi connectivity index (χ0) is 21.8. The molecule has 0 N–H and O–H groups in total. The number of hydrogen-bond acceptors (Lipinski definition) is 5. The third-order valence-corrected chi connectivity index (χ3v) is 8.90. The SMILES string of the molecule is CC(=O)N1CC2CN(S(=O)(=O)c3cccc4cccnc34)CC2(C(=O)N2CCCC2)C1. The summed E-state index contributed by atoms with van der Waals surface area (Å²) in [7, 11) is -3.84. The summed E-state index contributed by atoms with van der Waals surface area (Å²) in [5.74, 6) is -0.287. The summed E-state index contributed by atoms with van der Waals surface area (Å²) in [6.07, 6.45) is 3.52. The van der Waals surface area contributed by atoms with Crippen molar-refractivity contribution in [3.05, 3.63) is 36.5 Å². The summed E-state index contributed by atoms with van der Waals surface area (Å²) in [5, 5.41) is 0.758. The molecule has 8 nitrogen and oxygen atoms in total. The first kappa shape index (κ1) is 20.4. The average Bonchev–Trinajstić information content (AvgIpc) is 3.47. The Kier molecular flexibility index (Phi) is 4.78. The van der Waals surface area contributed by atoms with Crippen LogP contribution >= 0.6 is 0 Å². The fraction of sp³-hybridized carbons (Fsp3) is 0.500. The third kappa shape index (κ3) is 3.13. The van der Waals surface area contributed by atoms with Crippen LogP contribution in [0.1, 0.15) is 19.8 Å². The lowest BCUT2D eigenvalue weighted by Crippen LogP contribution is -2.49. The van der Waals surface area contributed by atoms with Crippen molar-refractivity contribution < 1.29 is 18.0 Å². The number of rotatable bonds is 3. The summed E-state index contributed by atoms with van der Waals surface area (Å²) in [6.45, 7) is 3.93. The zero-order valence-electron chi connectivity index (χ0n) is 17.5. The van der Waals surface area contributed by atoms with Gasteiger partial charge in [0.1, 0.15) is 4.90 Å². The van der Waals surface area contributed by atoms with Crippen LogP contribution in [0.3, 0.4) is 0 Å². The molecule has 1 aromatic carbocycles. The Morgan fingerprint density at radius 1 is 1.03 bits per heavy atom. The monoisotopic (exact) mass is 442 g/mol. The van der Waals surface area contributed by atoms with Crippen molar-refractivity contribution in [2.75, 3.05) is 39.3 Å². The summed E-state index contributed by atoms with van der Waals surface area (Å²) >= 11 is 0. The number of likely N-dealkylation sites (tertiary alicyclic amines) is 2. The van der Waals surface area contributed by atoms with Gasteiger partial charge in [-0.3, -0.25) is 14.6 Å². The second-order valence-electron chi connectivity index (χ2n) is 8.88. The molecule has 4 heterocycles. The maximum atomic E-state index is 13.7.